The number of benzene rings is 1. The number of nitrogens with zero attached hydrogens (tertiary/aromatic N) is 1. The molecule has 0 spiro atoms. The van der Waals surface area contributed by atoms with E-state index in [2.05, 4.69) is 15.6 Å². The number of nitrogens with one attached hydrogen (secondary N) is 2. The molecule has 0 aliphatic rings. The normalized spacial score (nSPS) is 11.3. The van der Waals surface area contributed by atoms with Gasteiger partial charge in [0.2, 0.25) is 5.91 Å². The molecule has 2 aromatic rings. The third kappa shape index (κ3) is 6.93. The lowest BCUT2D eigenvalue weighted by Crippen LogP contribution is -2.15. The molecule has 2 amide bonds. The summed E-state index contributed by atoms with van der Waals surface area (Å²) in [5.41, 5.74) is -3.77. The second-order valence-electron chi connectivity index (χ2n) is 6.08. The number of anilines is 2. The lowest BCUT2D eigenvalue weighted by Gasteiger charge is -2.11. The van der Waals surface area contributed by atoms with Crippen molar-refractivity contribution in [3.05, 3.63) is 48.2 Å². The molecule has 0 fully saturated rings. The van der Waals surface area contributed by atoms with Gasteiger partial charge < -0.3 is 10.6 Å². The van der Waals surface area contributed by atoms with Crippen LogP contribution in [0.3, 0.4) is 0 Å². The number of carbonyl (C=O) groups excluding carboxylic acids is 2. The van der Waals surface area contributed by atoms with E-state index >= 15 is 0 Å². The van der Waals surface area contributed by atoms with E-state index in [1.807, 2.05) is 13.8 Å². The number of thioether (sulfide) groups is 1. The van der Waals surface area contributed by atoms with Gasteiger partial charge >= 0.3 is 5.51 Å². The summed E-state index contributed by atoms with van der Waals surface area (Å²) in [4.78, 5) is 27.7. The zero-order valence-electron chi connectivity index (χ0n) is 14.6. The Labute approximate surface area is 158 Å². The largest absolute Gasteiger partial charge is 0.447 e. The zero-order valence-corrected chi connectivity index (χ0v) is 15.4. The fourth-order valence-corrected chi connectivity index (χ4v) is 2.78. The highest BCUT2D eigenvalue weighted by Crippen LogP contribution is 2.37. The second-order valence-corrected chi connectivity index (χ2v) is 7.14. The van der Waals surface area contributed by atoms with E-state index < -0.39 is 28.2 Å². The first kappa shape index (κ1) is 20.8. The van der Waals surface area contributed by atoms with Gasteiger partial charge in [-0.25, -0.2) is 4.98 Å². The molecule has 0 saturated heterocycles. The first-order valence-electron chi connectivity index (χ1n) is 8.06. The Hall–Kier alpha value is -2.55. The van der Waals surface area contributed by atoms with Gasteiger partial charge in [0.15, 0.2) is 0 Å². The van der Waals surface area contributed by atoms with Crippen molar-refractivity contribution < 1.29 is 22.8 Å². The van der Waals surface area contributed by atoms with Crippen molar-refractivity contribution in [1.29, 1.82) is 0 Å². The maximum Gasteiger partial charge on any atom is 0.447 e. The van der Waals surface area contributed by atoms with Gasteiger partial charge in [-0.3, -0.25) is 9.59 Å². The van der Waals surface area contributed by atoms with E-state index in [1.165, 1.54) is 18.3 Å². The Balaban J connectivity index is 2.05. The number of hydrogen-bond donors (Lipinski definition) is 2. The van der Waals surface area contributed by atoms with Crippen LogP contribution >= 0.6 is 11.8 Å². The summed E-state index contributed by atoms with van der Waals surface area (Å²) < 4.78 is 37.8. The summed E-state index contributed by atoms with van der Waals surface area (Å²) in [5, 5.41) is 4.84. The van der Waals surface area contributed by atoms with Gasteiger partial charge in [0.1, 0.15) is 5.03 Å². The number of carbonyl (C=O) groups is 2. The molecule has 5 nitrogen and oxygen atoms in total. The van der Waals surface area contributed by atoms with Gasteiger partial charge in [0.05, 0.1) is 5.56 Å². The minimum Gasteiger partial charge on any atom is -0.326 e. The number of pyridine rings is 1. The van der Waals surface area contributed by atoms with E-state index in [0.717, 1.165) is 0 Å². The lowest BCUT2D eigenvalue weighted by atomic mass is 10.1. The van der Waals surface area contributed by atoms with Crippen LogP contribution in [0, 0.1) is 5.92 Å². The molecule has 0 bridgehead atoms. The first-order valence-corrected chi connectivity index (χ1v) is 8.87. The van der Waals surface area contributed by atoms with E-state index in [9.17, 15) is 22.8 Å². The lowest BCUT2D eigenvalue weighted by molar-refractivity contribution is -0.116. The molecule has 1 aromatic carbocycles. The molecule has 0 aliphatic heterocycles. The molecule has 1 aromatic heterocycles. The summed E-state index contributed by atoms with van der Waals surface area (Å²) in [5.74, 6) is -0.593. The van der Waals surface area contributed by atoms with Gasteiger partial charge in [0, 0.05) is 35.8 Å². The molecular formula is C18H18F3N3O2S. The summed E-state index contributed by atoms with van der Waals surface area (Å²) in [6, 6.07) is 8.97. The van der Waals surface area contributed by atoms with Crippen molar-refractivity contribution >= 4 is 35.0 Å². The Morgan fingerprint density at radius 2 is 1.67 bits per heavy atom. The summed E-state index contributed by atoms with van der Waals surface area (Å²) in [7, 11) is 0. The predicted molar refractivity (Wildman–Crippen MR) is 98.6 cm³/mol. The molecule has 0 saturated carbocycles. The van der Waals surface area contributed by atoms with Crippen molar-refractivity contribution in [2.45, 2.75) is 30.8 Å². The molecule has 1 heterocycles. The van der Waals surface area contributed by atoms with Crippen LogP contribution in [-0.2, 0) is 4.79 Å². The van der Waals surface area contributed by atoms with Crippen LogP contribution in [0.2, 0.25) is 0 Å². The molecule has 9 heteroatoms. The van der Waals surface area contributed by atoms with E-state index in [4.69, 9.17) is 0 Å². The van der Waals surface area contributed by atoms with Crippen LogP contribution in [0.5, 0.6) is 0 Å². The topological polar surface area (TPSA) is 71.1 Å². The SMILES string of the molecule is CC(C)CC(=O)Nc1ccc(NC(=O)c2cccnc2SC(F)(F)F)cc1. The van der Waals surface area contributed by atoms with Crippen LogP contribution < -0.4 is 10.6 Å². The van der Waals surface area contributed by atoms with Gasteiger partial charge in [0.25, 0.3) is 5.91 Å². The van der Waals surface area contributed by atoms with Crippen molar-refractivity contribution in [2.75, 3.05) is 10.6 Å². The standard InChI is InChI=1S/C18H18F3N3O2S/c1-11(2)10-15(25)23-12-5-7-13(8-6-12)24-16(26)14-4-3-9-22-17(14)27-18(19,20)21/h3-9,11H,10H2,1-2H3,(H,23,25)(H,24,26). The Morgan fingerprint density at radius 1 is 1.07 bits per heavy atom. The average Bonchev–Trinajstić information content (AvgIpc) is 2.55. The molecule has 2 N–H and O–H groups in total. The highest BCUT2D eigenvalue weighted by molar-refractivity contribution is 8.00. The number of halogens is 3. The molecule has 0 aliphatic carbocycles. The minimum absolute atomic E-state index is 0.119. The average molecular weight is 397 g/mol. The number of aromatic nitrogens is 1. The third-order valence-corrected chi connectivity index (χ3v) is 4.00. The van der Waals surface area contributed by atoms with Gasteiger partial charge in [-0.2, -0.15) is 13.2 Å². The number of amides is 2. The maximum atomic E-state index is 12.6. The molecule has 0 atom stereocenters. The van der Waals surface area contributed by atoms with E-state index in [-0.39, 0.29) is 17.4 Å². The summed E-state index contributed by atoms with van der Waals surface area (Å²) >= 11 is -0.439. The van der Waals surface area contributed by atoms with Crippen LogP contribution in [0.15, 0.2) is 47.6 Å². The number of hydrogen-bond acceptors (Lipinski definition) is 4. The zero-order chi connectivity index (χ0) is 20.0. The minimum atomic E-state index is -4.54. The fraction of sp³-hybridized carbons (Fsp3) is 0.278. The van der Waals surface area contributed by atoms with Gasteiger partial charge in [-0.05, 0) is 42.3 Å². The Morgan fingerprint density at radius 3 is 2.22 bits per heavy atom. The smallest absolute Gasteiger partial charge is 0.326 e. The summed E-state index contributed by atoms with van der Waals surface area (Å²) in [6.07, 6.45) is 1.58. The fourth-order valence-electron chi connectivity index (χ4n) is 2.17. The summed E-state index contributed by atoms with van der Waals surface area (Å²) in [6.45, 7) is 3.87. The Bertz CT molecular complexity index is 808. The van der Waals surface area contributed by atoms with Gasteiger partial charge in [-0.1, -0.05) is 13.8 Å². The van der Waals surface area contributed by atoms with E-state index in [1.54, 1.807) is 24.3 Å². The quantitative estimate of drug-likeness (QED) is 0.678. The van der Waals surface area contributed by atoms with E-state index in [0.29, 0.717) is 17.8 Å². The van der Waals surface area contributed by atoms with Crippen molar-refractivity contribution in [3.8, 4) is 0 Å². The highest BCUT2D eigenvalue weighted by Gasteiger charge is 2.32. The van der Waals surface area contributed by atoms with Crippen molar-refractivity contribution in [1.82, 2.24) is 4.98 Å². The molecule has 0 unspecified atom stereocenters. The highest BCUT2D eigenvalue weighted by atomic mass is 32.2. The number of rotatable bonds is 6. The van der Waals surface area contributed by atoms with Crippen LogP contribution in [0.25, 0.3) is 0 Å². The number of alkyl halides is 3. The molecule has 27 heavy (non-hydrogen) atoms. The molecule has 0 radical (unpaired) electrons. The maximum absolute atomic E-state index is 12.6. The Kier molecular flexibility index (Phi) is 6.84. The van der Waals surface area contributed by atoms with Crippen LogP contribution in [0.1, 0.15) is 30.6 Å². The van der Waals surface area contributed by atoms with Crippen molar-refractivity contribution in [2.24, 2.45) is 5.92 Å². The molecular weight excluding hydrogens is 379 g/mol. The second kappa shape index (κ2) is 8.90. The van der Waals surface area contributed by atoms with Crippen LogP contribution in [-0.4, -0.2) is 22.3 Å². The molecule has 144 valence electrons. The van der Waals surface area contributed by atoms with Crippen molar-refractivity contribution in [3.63, 3.8) is 0 Å². The first-order chi connectivity index (χ1) is 12.6. The van der Waals surface area contributed by atoms with Crippen LogP contribution in [0.4, 0.5) is 24.5 Å². The third-order valence-electron chi connectivity index (χ3n) is 3.25. The van der Waals surface area contributed by atoms with Gasteiger partial charge in [-0.15, -0.1) is 0 Å². The molecule has 2 rings (SSSR count). The predicted octanol–water partition coefficient (Wildman–Crippen LogP) is 4.93. The monoisotopic (exact) mass is 397 g/mol.